The van der Waals surface area contributed by atoms with Crippen molar-refractivity contribution in [3.8, 4) is 17.6 Å². The number of amides is 1. The number of benzene rings is 3. The molecular formula is C31H27Cl2N5O5S. The number of halogens is 2. The molecule has 3 aromatic carbocycles. The van der Waals surface area contributed by atoms with Crippen LogP contribution >= 0.6 is 35.4 Å². The molecule has 0 aromatic heterocycles. The highest BCUT2D eigenvalue weighted by Gasteiger charge is 2.32. The van der Waals surface area contributed by atoms with Gasteiger partial charge in [-0.05, 0) is 55.9 Å². The third-order valence-electron chi connectivity index (χ3n) is 6.29. The van der Waals surface area contributed by atoms with Crippen LogP contribution in [0, 0.1) is 11.3 Å². The molecule has 1 aliphatic rings. The number of ether oxygens (including phenoxy) is 3. The quantitative estimate of drug-likeness (QED) is 0.109. The molecule has 3 aromatic rings. The Morgan fingerprint density at radius 3 is 2.55 bits per heavy atom. The average molecular weight is 653 g/mol. The van der Waals surface area contributed by atoms with E-state index in [0.29, 0.717) is 44.4 Å². The van der Waals surface area contributed by atoms with Gasteiger partial charge in [-0.1, -0.05) is 59.6 Å². The molecule has 44 heavy (non-hydrogen) atoms. The Morgan fingerprint density at radius 2 is 1.82 bits per heavy atom. The van der Waals surface area contributed by atoms with Crippen LogP contribution in [0.2, 0.25) is 10.0 Å². The summed E-state index contributed by atoms with van der Waals surface area (Å²) in [6, 6.07) is 18.7. The molecule has 0 bridgehead atoms. The first kappa shape index (κ1) is 32.3. The van der Waals surface area contributed by atoms with Gasteiger partial charge < -0.3 is 24.8 Å². The number of nitrogens with zero attached hydrogens (tertiary/aromatic N) is 2. The Balaban J connectivity index is 1.38. The molecule has 1 aliphatic heterocycles. The van der Waals surface area contributed by atoms with Gasteiger partial charge in [-0.25, -0.2) is 10.2 Å². The Kier molecular flexibility index (Phi) is 11.2. The van der Waals surface area contributed by atoms with E-state index in [2.05, 4.69) is 27.2 Å². The molecule has 13 heteroatoms. The number of nitrogens with one attached hydrogen (secondary N) is 3. The molecule has 1 atom stereocenters. The highest BCUT2D eigenvalue weighted by atomic mass is 35.5. The van der Waals surface area contributed by atoms with E-state index in [-0.39, 0.29) is 35.6 Å². The van der Waals surface area contributed by atoms with E-state index in [0.717, 1.165) is 0 Å². The van der Waals surface area contributed by atoms with E-state index in [1.165, 1.54) is 6.21 Å². The first-order valence-electron chi connectivity index (χ1n) is 13.3. The van der Waals surface area contributed by atoms with Crippen LogP contribution in [0.3, 0.4) is 0 Å². The lowest BCUT2D eigenvalue weighted by molar-refractivity contribution is -0.139. The first-order valence-corrected chi connectivity index (χ1v) is 14.5. The second-order valence-electron chi connectivity index (χ2n) is 9.28. The van der Waals surface area contributed by atoms with Gasteiger partial charge in [0.05, 0.1) is 46.1 Å². The maximum absolute atomic E-state index is 12.7. The molecule has 0 aliphatic carbocycles. The average Bonchev–Trinajstić information content (AvgIpc) is 2.99. The predicted octanol–water partition coefficient (Wildman–Crippen LogP) is 5.33. The zero-order chi connectivity index (χ0) is 31.6. The molecule has 1 heterocycles. The zero-order valence-corrected chi connectivity index (χ0v) is 26.0. The van der Waals surface area contributed by atoms with Crippen molar-refractivity contribution in [2.45, 2.75) is 26.5 Å². The number of esters is 1. The summed E-state index contributed by atoms with van der Waals surface area (Å²) in [5.41, 5.74) is 5.61. The number of carbonyl (C=O) groups is 2. The smallest absolute Gasteiger partial charge is 0.338 e. The SMILES string of the molecule is CCOC(=O)C1=C(C)NC(=S)N[C@@H]1c1ccccc1OCC(=O)NN=Cc1cc(Cl)c(OCc2ccccc2C#N)c(Cl)c1. The maximum atomic E-state index is 12.7. The standard InChI is InChI=1S/C31H27Cl2N5O5S/c1-3-41-30(40)27-18(2)36-31(44)37-28(27)22-10-6-7-11-25(22)42-17-26(39)38-35-15-19-12-23(32)29(24(33)13-19)43-16-21-9-5-4-8-20(21)14-34/h4-13,15,28H,3,16-17H2,1-2H3,(H,38,39)(H2,36,37,44)/t28-/m1/s1. The largest absolute Gasteiger partial charge is 0.486 e. The summed E-state index contributed by atoms with van der Waals surface area (Å²) >= 11 is 18.1. The van der Waals surface area contributed by atoms with Crippen molar-refractivity contribution >= 4 is 58.6 Å². The maximum Gasteiger partial charge on any atom is 0.338 e. The summed E-state index contributed by atoms with van der Waals surface area (Å²) in [6.45, 7) is 3.41. The fraction of sp³-hybridized carbons (Fsp3) is 0.194. The van der Waals surface area contributed by atoms with Crippen molar-refractivity contribution in [1.29, 1.82) is 5.26 Å². The number of nitriles is 1. The van der Waals surface area contributed by atoms with Crippen LogP contribution in [0.1, 0.15) is 42.1 Å². The molecule has 226 valence electrons. The van der Waals surface area contributed by atoms with Gasteiger partial charge in [0.2, 0.25) is 0 Å². The fourth-order valence-electron chi connectivity index (χ4n) is 4.31. The third-order valence-corrected chi connectivity index (χ3v) is 7.07. The van der Waals surface area contributed by atoms with E-state index in [4.69, 9.17) is 49.6 Å². The monoisotopic (exact) mass is 651 g/mol. The number of allylic oxidation sites excluding steroid dienone is 1. The lowest BCUT2D eigenvalue weighted by atomic mass is 9.95. The molecule has 0 unspecified atom stereocenters. The Morgan fingerprint density at radius 1 is 1.11 bits per heavy atom. The van der Waals surface area contributed by atoms with Crippen LogP contribution in [-0.2, 0) is 20.9 Å². The minimum absolute atomic E-state index is 0.107. The number of rotatable bonds is 11. The Hall–Kier alpha value is -4.63. The summed E-state index contributed by atoms with van der Waals surface area (Å²) in [5, 5.41) is 20.1. The van der Waals surface area contributed by atoms with E-state index in [1.54, 1.807) is 68.4 Å². The summed E-state index contributed by atoms with van der Waals surface area (Å²) in [4.78, 5) is 25.3. The predicted molar refractivity (Wildman–Crippen MR) is 171 cm³/mol. The highest BCUT2D eigenvalue weighted by molar-refractivity contribution is 7.80. The van der Waals surface area contributed by atoms with Gasteiger partial charge in [0.25, 0.3) is 5.91 Å². The molecule has 3 N–H and O–H groups in total. The Bertz CT molecular complexity index is 1660. The van der Waals surface area contributed by atoms with Crippen LogP contribution in [0.15, 0.2) is 77.0 Å². The van der Waals surface area contributed by atoms with Gasteiger partial charge in [-0.15, -0.1) is 0 Å². The highest BCUT2D eigenvalue weighted by Crippen LogP contribution is 2.35. The van der Waals surface area contributed by atoms with Crippen LogP contribution < -0.4 is 25.5 Å². The molecule has 0 fully saturated rings. The molecule has 10 nitrogen and oxygen atoms in total. The number of para-hydroxylation sites is 1. The van der Waals surface area contributed by atoms with Crippen molar-refractivity contribution in [2.75, 3.05) is 13.2 Å². The van der Waals surface area contributed by atoms with Gasteiger partial charge in [-0.3, -0.25) is 4.79 Å². The minimum Gasteiger partial charge on any atom is -0.486 e. The molecule has 0 spiro atoms. The lowest BCUT2D eigenvalue weighted by Crippen LogP contribution is -2.45. The first-order chi connectivity index (χ1) is 21.2. The summed E-state index contributed by atoms with van der Waals surface area (Å²) in [7, 11) is 0. The van der Waals surface area contributed by atoms with Crippen molar-refractivity contribution in [3.63, 3.8) is 0 Å². The number of carbonyl (C=O) groups excluding carboxylic acids is 2. The van der Waals surface area contributed by atoms with Gasteiger partial charge in [-0.2, -0.15) is 10.4 Å². The third kappa shape index (κ3) is 8.05. The number of hydrazone groups is 1. The molecule has 0 saturated heterocycles. The van der Waals surface area contributed by atoms with Gasteiger partial charge >= 0.3 is 5.97 Å². The number of hydrogen-bond acceptors (Lipinski definition) is 8. The van der Waals surface area contributed by atoms with Crippen LogP contribution in [-0.4, -0.2) is 36.4 Å². The lowest BCUT2D eigenvalue weighted by Gasteiger charge is -2.30. The molecule has 0 radical (unpaired) electrons. The fourth-order valence-corrected chi connectivity index (χ4v) is 5.19. The molecule has 1 amide bonds. The zero-order valence-electron chi connectivity index (χ0n) is 23.6. The summed E-state index contributed by atoms with van der Waals surface area (Å²) in [5.74, 6) is -0.400. The number of thiocarbonyl (C=S) groups is 1. The van der Waals surface area contributed by atoms with Gasteiger partial charge in [0, 0.05) is 16.8 Å². The van der Waals surface area contributed by atoms with Gasteiger partial charge in [0.15, 0.2) is 17.5 Å². The van der Waals surface area contributed by atoms with Gasteiger partial charge in [0.1, 0.15) is 12.4 Å². The van der Waals surface area contributed by atoms with Crippen molar-refractivity contribution in [2.24, 2.45) is 5.10 Å². The van der Waals surface area contributed by atoms with Crippen LogP contribution in [0.25, 0.3) is 0 Å². The summed E-state index contributed by atoms with van der Waals surface area (Å²) < 4.78 is 16.8. The molecular weight excluding hydrogens is 625 g/mol. The van der Waals surface area contributed by atoms with Crippen molar-refractivity contribution < 1.29 is 23.8 Å². The van der Waals surface area contributed by atoms with E-state index in [9.17, 15) is 14.9 Å². The van der Waals surface area contributed by atoms with Crippen LogP contribution in [0.4, 0.5) is 0 Å². The van der Waals surface area contributed by atoms with Crippen LogP contribution in [0.5, 0.6) is 11.5 Å². The van der Waals surface area contributed by atoms with E-state index >= 15 is 0 Å². The van der Waals surface area contributed by atoms with E-state index < -0.39 is 17.9 Å². The minimum atomic E-state index is -0.650. The van der Waals surface area contributed by atoms with Crippen molar-refractivity contribution in [3.05, 3.63) is 104 Å². The van der Waals surface area contributed by atoms with E-state index in [1.807, 2.05) is 6.07 Å². The Labute approximate surface area is 269 Å². The number of hydrogen-bond donors (Lipinski definition) is 3. The molecule has 0 saturated carbocycles. The second-order valence-corrected chi connectivity index (χ2v) is 10.5. The second kappa shape index (κ2) is 15.2. The summed E-state index contributed by atoms with van der Waals surface area (Å²) in [6.07, 6.45) is 1.37. The normalized spacial score (nSPS) is 14.3. The van der Waals surface area contributed by atoms with Crippen molar-refractivity contribution in [1.82, 2.24) is 16.1 Å². The molecule has 4 rings (SSSR count). The topological polar surface area (TPSA) is 134 Å².